The topological polar surface area (TPSA) is 66.6 Å². The fourth-order valence-electron chi connectivity index (χ4n) is 2.50. The first kappa shape index (κ1) is 19.1. The molecule has 0 heterocycles. The van der Waals surface area contributed by atoms with Crippen molar-refractivity contribution >= 4 is 34.9 Å². The molecule has 0 aliphatic heterocycles. The Morgan fingerprint density at radius 3 is 2.41 bits per heavy atom. The minimum atomic E-state index is -0.868. The van der Waals surface area contributed by atoms with E-state index in [0.717, 1.165) is 30.8 Å². The minimum Gasteiger partial charge on any atom is -0.481 e. The molecule has 0 bridgehead atoms. The van der Waals surface area contributed by atoms with Gasteiger partial charge in [0.05, 0.1) is 6.42 Å². The molecule has 1 rings (SSSR count). The monoisotopic (exact) mass is 346 g/mol. The van der Waals surface area contributed by atoms with E-state index < -0.39 is 5.97 Å². The average molecular weight is 347 g/mol. The number of hydrogen-bond donors (Lipinski definition) is 2. The maximum absolute atomic E-state index is 10.8. The average Bonchev–Trinajstić information content (AvgIpc) is 2.46. The standard InChI is InChI=1S/C16H24Cl2N2O2/c1-2-12-3-4-15(20(7-5-17)8-6-18)10-13(12)9-14(19)11-16(21)22/h3-4,10,14H,2,5-9,11,19H2,1H3,(H,21,22)/t14-/m0/s1. The second-order valence-corrected chi connectivity index (χ2v) is 5.99. The van der Waals surface area contributed by atoms with Gasteiger partial charge in [-0.1, -0.05) is 13.0 Å². The number of carboxylic acids is 1. The van der Waals surface area contributed by atoms with Crippen molar-refractivity contribution in [2.24, 2.45) is 5.73 Å². The van der Waals surface area contributed by atoms with E-state index >= 15 is 0 Å². The molecule has 3 N–H and O–H groups in total. The Kier molecular flexibility index (Phi) is 8.61. The number of aliphatic carboxylic acids is 1. The molecule has 0 radical (unpaired) electrons. The van der Waals surface area contributed by atoms with Gasteiger partial charge in [-0.2, -0.15) is 0 Å². The van der Waals surface area contributed by atoms with E-state index in [1.54, 1.807) is 0 Å². The molecule has 0 amide bonds. The second-order valence-electron chi connectivity index (χ2n) is 5.23. The van der Waals surface area contributed by atoms with Crippen molar-refractivity contribution in [1.82, 2.24) is 0 Å². The number of aryl methyl sites for hydroxylation is 1. The molecule has 1 atom stereocenters. The van der Waals surface area contributed by atoms with Gasteiger partial charge in [-0.05, 0) is 36.1 Å². The Hall–Kier alpha value is -0.970. The molecule has 0 spiro atoms. The first-order valence-electron chi connectivity index (χ1n) is 7.47. The van der Waals surface area contributed by atoms with Gasteiger partial charge < -0.3 is 15.7 Å². The van der Waals surface area contributed by atoms with Crippen LogP contribution in [-0.2, 0) is 17.6 Å². The maximum atomic E-state index is 10.8. The number of benzene rings is 1. The lowest BCUT2D eigenvalue weighted by atomic mass is 9.96. The lowest BCUT2D eigenvalue weighted by Gasteiger charge is -2.24. The summed E-state index contributed by atoms with van der Waals surface area (Å²) in [5.41, 5.74) is 9.28. The van der Waals surface area contributed by atoms with Crippen LogP contribution in [0.2, 0.25) is 0 Å². The van der Waals surface area contributed by atoms with Crippen LogP contribution < -0.4 is 10.6 Å². The van der Waals surface area contributed by atoms with E-state index in [1.807, 2.05) is 0 Å². The summed E-state index contributed by atoms with van der Waals surface area (Å²) in [5.74, 6) is 0.188. The predicted octanol–water partition coefficient (Wildman–Crippen LogP) is 2.88. The van der Waals surface area contributed by atoms with E-state index in [1.165, 1.54) is 5.56 Å². The van der Waals surface area contributed by atoms with Crippen LogP contribution in [0, 0.1) is 0 Å². The molecule has 0 aromatic heterocycles. The van der Waals surface area contributed by atoms with Crippen LogP contribution in [-0.4, -0.2) is 42.0 Å². The molecule has 0 fully saturated rings. The molecule has 1 aromatic rings. The van der Waals surface area contributed by atoms with Gasteiger partial charge in [0.2, 0.25) is 0 Å². The van der Waals surface area contributed by atoms with Gasteiger partial charge in [0.15, 0.2) is 0 Å². The third-order valence-electron chi connectivity index (χ3n) is 3.56. The number of nitrogens with zero attached hydrogens (tertiary/aromatic N) is 1. The summed E-state index contributed by atoms with van der Waals surface area (Å²) in [5, 5.41) is 8.85. The fraction of sp³-hybridized carbons (Fsp3) is 0.562. The van der Waals surface area contributed by atoms with Gasteiger partial charge in [0.25, 0.3) is 0 Å². The largest absolute Gasteiger partial charge is 0.481 e. The van der Waals surface area contributed by atoms with E-state index in [4.69, 9.17) is 34.0 Å². The number of carboxylic acid groups (broad SMARTS) is 1. The molecule has 0 aliphatic rings. The van der Waals surface area contributed by atoms with Gasteiger partial charge >= 0.3 is 5.97 Å². The molecule has 1 aromatic carbocycles. The van der Waals surface area contributed by atoms with Crippen LogP contribution in [0.3, 0.4) is 0 Å². The number of anilines is 1. The molecule has 124 valence electrons. The Morgan fingerprint density at radius 1 is 1.27 bits per heavy atom. The van der Waals surface area contributed by atoms with E-state index in [2.05, 4.69) is 30.0 Å². The molecular weight excluding hydrogens is 323 g/mol. The Bertz CT molecular complexity index is 477. The summed E-state index contributed by atoms with van der Waals surface area (Å²) in [4.78, 5) is 12.9. The summed E-state index contributed by atoms with van der Waals surface area (Å²) in [7, 11) is 0. The number of halogens is 2. The SMILES string of the molecule is CCc1ccc(N(CCCl)CCCl)cc1C[C@H](N)CC(=O)O. The number of rotatable bonds is 10. The van der Waals surface area contributed by atoms with Gasteiger partial charge in [-0.25, -0.2) is 0 Å². The van der Waals surface area contributed by atoms with E-state index in [9.17, 15) is 4.79 Å². The zero-order valence-corrected chi connectivity index (χ0v) is 14.4. The van der Waals surface area contributed by atoms with Gasteiger partial charge in [-0.3, -0.25) is 4.79 Å². The molecule has 0 aliphatic carbocycles. The summed E-state index contributed by atoms with van der Waals surface area (Å²) in [6.45, 7) is 3.53. The van der Waals surface area contributed by atoms with Crippen molar-refractivity contribution in [3.05, 3.63) is 29.3 Å². The quantitative estimate of drug-likeness (QED) is 0.639. The van der Waals surface area contributed by atoms with Gasteiger partial charge in [0.1, 0.15) is 0 Å². The van der Waals surface area contributed by atoms with Gasteiger partial charge in [-0.15, -0.1) is 23.2 Å². The maximum Gasteiger partial charge on any atom is 0.304 e. The van der Waals surface area contributed by atoms with E-state index in [-0.39, 0.29) is 12.5 Å². The second kappa shape index (κ2) is 9.93. The predicted molar refractivity (Wildman–Crippen MR) is 93.4 cm³/mol. The van der Waals surface area contributed by atoms with Crippen molar-refractivity contribution < 1.29 is 9.90 Å². The first-order valence-corrected chi connectivity index (χ1v) is 8.54. The molecular formula is C16H24Cl2N2O2. The third kappa shape index (κ3) is 6.03. The summed E-state index contributed by atoms with van der Waals surface area (Å²) in [6.07, 6.45) is 1.42. The highest BCUT2D eigenvalue weighted by molar-refractivity contribution is 6.18. The molecule has 0 saturated heterocycles. The number of carbonyl (C=O) groups is 1. The first-order chi connectivity index (χ1) is 10.5. The van der Waals surface area contributed by atoms with E-state index in [0.29, 0.717) is 18.2 Å². The Balaban J connectivity index is 2.98. The van der Waals surface area contributed by atoms with Crippen molar-refractivity contribution in [3.8, 4) is 0 Å². The van der Waals surface area contributed by atoms with Crippen LogP contribution in [0.5, 0.6) is 0 Å². The molecule has 0 saturated carbocycles. The highest BCUT2D eigenvalue weighted by Crippen LogP contribution is 2.22. The van der Waals surface area contributed by atoms with Crippen LogP contribution in [0.25, 0.3) is 0 Å². The van der Waals surface area contributed by atoms with Crippen LogP contribution in [0.4, 0.5) is 5.69 Å². The lowest BCUT2D eigenvalue weighted by molar-refractivity contribution is -0.137. The minimum absolute atomic E-state index is 0.0273. The fourth-order valence-corrected chi connectivity index (χ4v) is 2.91. The molecule has 4 nitrogen and oxygen atoms in total. The molecule has 0 unspecified atom stereocenters. The highest BCUT2D eigenvalue weighted by atomic mass is 35.5. The van der Waals surface area contributed by atoms with Crippen LogP contribution >= 0.6 is 23.2 Å². The van der Waals surface area contributed by atoms with Crippen LogP contribution in [0.1, 0.15) is 24.5 Å². The van der Waals surface area contributed by atoms with Crippen LogP contribution in [0.15, 0.2) is 18.2 Å². The molecule has 22 heavy (non-hydrogen) atoms. The smallest absolute Gasteiger partial charge is 0.304 e. The zero-order valence-electron chi connectivity index (χ0n) is 12.9. The highest BCUT2D eigenvalue weighted by Gasteiger charge is 2.13. The number of alkyl halides is 2. The third-order valence-corrected chi connectivity index (χ3v) is 3.90. The van der Waals surface area contributed by atoms with Crippen molar-refractivity contribution in [1.29, 1.82) is 0 Å². The number of hydrogen-bond acceptors (Lipinski definition) is 3. The lowest BCUT2D eigenvalue weighted by Crippen LogP contribution is -2.29. The van der Waals surface area contributed by atoms with Crippen molar-refractivity contribution in [3.63, 3.8) is 0 Å². The van der Waals surface area contributed by atoms with Gasteiger partial charge in [0, 0.05) is 36.6 Å². The summed E-state index contributed by atoms with van der Waals surface area (Å²) in [6, 6.07) is 5.84. The normalized spacial score (nSPS) is 12.2. The Labute approximate surface area is 142 Å². The van der Waals surface area contributed by atoms with Crippen molar-refractivity contribution in [2.75, 3.05) is 29.7 Å². The molecule has 6 heteroatoms. The summed E-state index contributed by atoms with van der Waals surface area (Å²) < 4.78 is 0. The zero-order chi connectivity index (χ0) is 16.5. The summed E-state index contributed by atoms with van der Waals surface area (Å²) >= 11 is 11.7. The number of nitrogens with two attached hydrogens (primary N) is 1. The van der Waals surface area contributed by atoms with Crippen molar-refractivity contribution in [2.45, 2.75) is 32.2 Å². The Morgan fingerprint density at radius 2 is 1.91 bits per heavy atom.